The van der Waals surface area contributed by atoms with E-state index in [-0.39, 0.29) is 6.23 Å². The molecule has 0 spiro atoms. The van der Waals surface area contributed by atoms with Gasteiger partial charge in [-0.3, -0.25) is 5.32 Å². The molecule has 0 amide bonds. The van der Waals surface area contributed by atoms with Gasteiger partial charge in [0.15, 0.2) is 0 Å². The monoisotopic (exact) mass is 213 g/mol. The third-order valence-electron chi connectivity index (χ3n) is 3.85. The zero-order valence-electron chi connectivity index (χ0n) is 10.5. The number of aliphatic hydroxyl groups is 1. The topological polar surface area (TPSA) is 32.3 Å². The van der Waals surface area contributed by atoms with Crippen molar-refractivity contribution in [3.05, 3.63) is 0 Å². The van der Waals surface area contributed by atoms with Crippen molar-refractivity contribution < 1.29 is 5.11 Å². The zero-order valence-corrected chi connectivity index (χ0v) is 10.5. The molecule has 0 aromatic carbocycles. The van der Waals surface area contributed by atoms with Crippen molar-refractivity contribution in [1.82, 2.24) is 5.32 Å². The van der Waals surface area contributed by atoms with E-state index in [0.717, 1.165) is 31.1 Å². The Kier molecular flexibility index (Phi) is 5.62. The van der Waals surface area contributed by atoms with Crippen LogP contribution in [0.1, 0.15) is 59.3 Å². The van der Waals surface area contributed by atoms with Crippen LogP contribution < -0.4 is 5.32 Å². The molecule has 0 heterocycles. The maximum absolute atomic E-state index is 9.79. The van der Waals surface area contributed by atoms with E-state index in [1.54, 1.807) is 0 Å². The van der Waals surface area contributed by atoms with Gasteiger partial charge in [-0.25, -0.2) is 0 Å². The number of rotatable bonds is 6. The van der Waals surface area contributed by atoms with Gasteiger partial charge in [0.05, 0.1) is 0 Å². The van der Waals surface area contributed by atoms with Crippen LogP contribution in [0.4, 0.5) is 0 Å². The van der Waals surface area contributed by atoms with Gasteiger partial charge < -0.3 is 5.11 Å². The molecule has 1 rings (SSSR count). The molecular weight excluding hydrogens is 186 g/mol. The molecule has 90 valence electrons. The van der Waals surface area contributed by atoms with E-state index in [9.17, 15) is 5.11 Å². The molecule has 0 aliphatic heterocycles. The number of hydrogen-bond donors (Lipinski definition) is 2. The highest BCUT2D eigenvalue weighted by atomic mass is 16.3. The molecule has 0 saturated heterocycles. The lowest BCUT2D eigenvalue weighted by Gasteiger charge is -2.29. The molecule has 1 aliphatic carbocycles. The Balaban J connectivity index is 2.40. The molecule has 1 aliphatic rings. The highest BCUT2D eigenvalue weighted by molar-refractivity contribution is 4.84. The first-order valence-electron chi connectivity index (χ1n) is 6.63. The Morgan fingerprint density at radius 3 is 2.53 bits per heavy atom. The Hall–Kier alpha value is -0.0800. The minimum Gasteiger partial charge on any atom is -0.379 e. The van der Waals surface area contributed by atoms with Crippen molar-refractivity contribution in [2.75, 3.05) is 0 Å². The second-order valence-corrected chi connectivity index (χ2v) is 5.06. The lowest BCUT2D eigenvalue weighted by molar-refractivity contribution is 0.0930. The molecule has 4 unspecified atom stereocenters. The fourth-order valence-electron chi connectivity index (χ4n) is 2.92. The summed E-state index contributed by atoms with van der Waals surface area (Å²) in [6.45, 7) is 6.69. The normalized spacial score (nSPS) is 30.4. The minimum atomic E-state index is -0.298. The van der Waals surface area contributed by atoms with Gasteiger partial charge in [0.1, 0.15) is 6.23 Å². The number of aliphatic hydroxyl groups excluding tert-OH is 1. The van der Waals surface area contributed by atoms with E-state index in [4.69, 9.17) is 0 Å². The van der Waals surface area contributed by atoms with Gasteiger partial charge in [0.25, 0.3) is 0 Å². The molecule has 0 radical (unpaired) electrons. The third-order valence-corrected chi connectivity index (χ3v) is 3.85. The number of hydrogen-bond acceptors (Lipinski definition) is 2. The smallest absolute Gasteiger partial charge is 0.105 e. The summed E-state index contributed by atoms with van der Waals surface area (Å²) < 4.78 is 0. The van der Waals surface area contributed by atoms with Gasteiger partial charge in [-0.15, -0.1) is 0 Å². The van der Waals surface area contributed by atoms with Gasteiger partial charge in [-0.05, 0) is 31.1 Å². The predicted octanol–water partition coefficient (Wildman–Crippen LogP) is 2.91. The minimum absolute atomic E-state index is 0.298. The fraction of sp³-hybridized carbons (Fsp3) is 1.00. The molecule has 4 atom stereocenters. The summed E-state index contributed by atoms with van der Waals surface area (Å²) in [4.78, 5) is 0. The first kappa shape index (κ1) is 13.0. The SMILES string of the molecule is CCCC(O)NC(CC)C1CCCC1C. The molecule has 1 fully saturated rings. The third kappa shape index (κ3) is 3.76. The van der Waals surface area contributed by atoms with Crippen LogP contribution in [0.15, 0.2) is 0 Å². The molecule has 0 bridgehead atoms. The van der Waals surface area contributed by atoms with Crippen LogP contribution in [0, 0.1) is 11.8 Å². The molecule has 2 nitrogen and oxygen atoms in total. The van der Waals surface area contributed by atoms with Gasteiger partial charge in [-0.2, -0.15) is 0 Å². The molecular formula is C13H27NO. The van der Waals surface area contributed by atoms with Crippen LogP contribution in [-0.2, 0) is 0 Å². The average molecular weight is 213 g/mol. The van der Waals surface area contributed by atoms with Gasteiger partial charge in [-0.1, -0.05) is 40.0 Å². The first-order chi connectivity index (χ1) is 7.19. The van der Waals surface area contributed by atoms with Crippen molar-refractivity contribution in [2.24, 2.45) is 11.8 Å². The summed E-state index contributed by atoms with van der Waals surface area (Å²) in [5.74, 6) is 1.61. The van der Waals surface area contributed by atoms with E-state index in [0.29, 0.717) is 6.04 Å². The molecule has 15 heavy (non-hydrogen) atoms. The van der Waals surface area contributed by atoms with Crippen LogP contribution in [0.3, 0.4) is 0 Å². The maximum Gasteiger partial charge on any atom is 0.105 e. The maximum atomic E-state index is 9.79. The second kappa shape index (κ2) is 6.49. The Morgan fingerprint density at radius 1 is 1.33 bits per heavy atom. The van der Waals surface area contributed by atoms with Gasteiger partial charge in [0, 0.05) is 6.04 Å². The van der Waals surface area contributed by atoms with Crippen LogP contribution in [0.5, 0.6) is 0 Å². The van der Waals surface area contributed by atoms with Crippen molar-refractivity contribution in [3.63, 3.8) is 0 Å². The van der Waals surface area contributed by atoms with E-state index in [2.05, 4.69) is 26.1 Å². The lowest BCUT2D eigenvalue weighted by atomic mass is 9.88. The highest BCUT2D eigenvalue weighted by Crippen LogP contribution is 2.34. The van der Waals surface area contributed by atoms with Gasteiger partial charge in [0.2, 0.25) is 0 Å². The van der Waals surface area contributed by atoms with Gasteiger partial charge >= 0.3 is 0 Å². The summed E-state index contributed by atoms with van der Waals surface area (Å²) in [6.07, 6.45) is 6.83. The van der Waals surface area contributed by atoms with Crippen LogP contribution in [0.2, 0.25) is 0 Å². The molecule has 0 aromatic rings. The highest BCUT2D eigenvalue weighted by Gasteiger charge is 2.30. The van der Waals surface area contributed by atoms with E-state index >= 15 is 0 Å². The second-order valence-electron chi connectivity index (χ2n) is 5.06. The summed E-state index contributed by atoms with van der Waals surface area (Å²) in [7, 11) is 0. The van der Waals surface area contributed by atoms with Crippen LogP contribution in [0.25, 0.3) is 0 Å². The average Bonchev–Trinajstić information content (AvgIpc) is 2.61. The zero-order chi connectivity index (χ0) is 11.3. The largest absolute Gasteiger partial charge is 0.379 e. The molecule has 0 aromatic heterocycles. The standard InChI is InChI=1S/C13H27NO/c1-4-7-13(15)14-12(5-2)11-9-6-8-10(11)3/h10-15H,4-9H2,1-3H3. The van der Waals surface area contributed by atoms with Crippen molar-refractivity contribution in [2.45, 2.75) is 71.6 Å². The van der Waals surface area contributed by atoms with E-state index in [1.165, 1.54) is 19.3 Å². The Morgan fingerprint density at radius 2 is 2.07 bits per heavy atom. The fourth-order valence-corrected chi connectivity index (χ4v) is 2.92. The quantitative estimate of drug-likeness (QED) is 0.665. The summed E-state index contributed by atoms with van der Waals surface area (Å²) in [5.41, 5.74) is 0. The molecule has 2 N–H and O–H groups in total. The van der Waals surface area contributed by atoms with E-state index < -0.39 is 0 Å². The Bertz CT molecular complexity index is 172. The first-order valence-corrected chi connectivity index (χ1v) is 6.63. The van der Waals surface area contributed by atoms with Crippen molar-refractivity contribution in [3.8, 4) is 0 Å². The summed E-state index contributed by atoms with van der Waals surface area (Å²) in [6, 6.07) is 0.518. The predicted molar refractivity (Wildman–Crippen MR) is 64.6 cm³/mol. The van der Waals surface area contributed by atoms with Crippen LogP contribution >= 0.6 is 0 Å². The Labute approximate surface area is 94.5 Å². The number of nitrogens with one attached hydrogen (secondary N) is 1. The van der Waals surface area contributed by atoms with Crippen molar-refractivity contribution in [1.29, 1.82) is 0 Å². The van der Waals surface area contributed by atoms with Crippen molar-refractivity contribution >= 4 is 0 Å². The molecule has 1 saturated carbocycles. The van der Waals surface area contributed by atoms with E-state index in [1.807, 2.05) is 0 Å². The summed E-state index contributed by atoms with van der Waals surface area (Å²) >= 11 is 0. The van der Waals surface area contributed by atoms with Crippen LogP contribution in [-0.4, -0.2) is 17.4 Å². The summed E-state index contributed by atoms with van der Waals surface area (Å²) in [5, 5.41) is 13.2. The molecule has 2 heteroatoms. The lowest BCUT2D eigenvalue weighted by Crippen LogP contribution is -2.43.